The van der Waals surface area contributed by atoms with Crippen molar-refractivity contribution in [3.05, 3.63) is 24.3 Å². The molecule has 0 spiro atoms. The van der Waals surface area contributed by atoms with E-state index >= 15 is 0 Å². The zero-order valence-electron chi connectivity index (χ0n) is 7.18. The van der Waals surface area contributed by atoms with Crippen LogP contribution in [-0.4, -0.2) is 4.87 Å². The third kappa shape index (κ3) is 1.87. The monoisotopic (exact) mass is 170 g/mol. The lowest BCUT2D eigenvalue weighted by atomic mass is 9.86. The molecule has 1 aliphatic rings. The Morgan fingerprint density at radius 3 is 2.73 bits per heavy atom. The molecule has 1 heteroatoms. The summed E-state index contributed by atoms with van der Waals surface area (Å²) in [7, 11) is 0. The summed E-state index contributed by atoms with van der Waals surface area (Å²) in [5, 5.41) is 0. The zero-order chi connectivity index (χ0) is 8.32. The van der Waals surface area contributed by atoms with E-state index in [0.29, 0.717) is 5.92 Å². The average Bonchev–Trinajstić information content (AvgIpc) is 2.04. The second-order valence-electron chi connectivity index (χ2n) is 3.23. The summed E-state index contributed by atoms with van der Waals surface area (Å²) in [5.74, 6) is 0.561. The van der Waals surface area contributed by atoms with Gasteiger partial charge in [-0.2, -0.15) is 0 Å². The Kier molecular flexibility index (Phi) is 2.78. The molecule has 0 fully saturated rings. The lowest BCUT2D eigenvalue weighted by Gasteiger charge is -2.29. The van der Waals surface area contributed by atoms with Gasteiger partial charge < -0.3 is 0 Å². The highest BCUT2D eigenvalue weighted by atomic mass is 35.5. The molecule has 11 heavy (non-hydrogen) atoms. The van der Waals surface area contributed by atoms with E-state index in [1.54, 1.807) is 0 Å². The molecular weight excluding hydrogens is 156 g/mol. The van der Waals surface area contributed by atoms with Crippen LogP contribution in [0.4, 0.5) is 0 Å². The van der Waals surface area contributed by atoms with Crippen molar-refractivity contribution in [3.8, 4) is 0 Å². The van der Waals surface area contributed by atoms with Crippen molar-refractivity contribution in [2.75, 3.05) is 0 Å². The Morgan fingerprint density at radius 2 is 2.27 bits per heavy atom. The minimum Gasteiger partial charge on any atom is -0.114 e. The van der Waals surface area contributed by atoms with Gasteiger partial charge in [-0.25, -0.2) is 0 Å². The molecule has 0 N–H and O–H groups in total. The molecule has 0 saturated carbocycles. The summed E-state index contributed by atoms with van der Waals surface area (Å²) in [6.07, 6.45) is 10.5. The highest BCUT2D eigenvalue weighted by Gasteiger charge is 2.29. The molecule has 0 amide bonds. The van der Waals surface area contributed by atoms with E-state index in [1.807, 2.05) is 6.08 Å². The van der Waals surface area contributed by atoms with Gasteiger partial charge in [0.2, 0.25) is 0 Å². The van der Waals surface area contributed by atoms with Gasteiger partial charge in [0.05, 0.1) is 4.87 Å². The largest absolute Gasteiger partial charge is 0.114 e. The first kappa shape index (κ1) is 8.86. The van der Waals surface area contributed by atoms with Crippen LogP contribution in [0.15, 0.2) is 24.3 Å². The van der Waals surface area contributed by atoms with E-state index in [9.17, 15) is 0 Å². The van der Waals surface area contributed by atoms with Crippen molar-refractivity contribution in [2.45, 2.75) is 31.6 Å². The second-order valence-corrected chi connectivity index (χ2v) is 3.93. The van der Waals surface area contributed by atoms with Crippen LogP contribution < -0.4 is 0 Å². The number of hydrogen-bond donors (Lipinski definition) is 0. The predicted molar refractivity (Wildman–Crippen MR) is 50.9 cm³/mol. The fourth-order valence-corrected chi connectivity index (χ4v) is 1.63. The fourth-order valence-electron chi connectivity index (χ4n) is 1.32. The van der Waals surface area contributed by atoms with E-state index in [-0.39, 0.29) is 4.87 Å². The van der Waals surface area contributed by atoms with Gasteiger partial charge in [0, 0.05) is 0 Å². The Balaban J connectivity index is 2.67. The van der Waals surface area contributed by atoms with Crippen LogP contribution in [0.2, 0.25) is 0 Å². The molecule has 0 aromatic heterocycles. The van der Waals surface area contributed by atoms with Crippen molar-refractivity contribution in [2.24, 2.45) is 5.92 Å². The third-order valence-electron chi connectivity index (χ3n) is 2.48. The molecular formula is C10H15Cl. The van der Waals surface area contributed by atoms with Crippen LogP contribution in [0.3, 0.4) is 0 Å². The molecule has 62 valence electrons. The summed E-state index contributed by atoms with van der Waals surface area (Å²) in [6, 6.07) is 0. The Bertz CT molecular complexity index is 181. The van der Waals surface area contributed by atoms with Gasteiger partial charge in [-0.15, -0.1) is 11.6 Å². The number of hydrogen-bond acceptors (Lipinski definition) is 0. The minimum atomic E-state index is -0.108. The smallest absolute Gasteiger partial charge is 0.0688 e. The van der Waals surface area contributed by atoms with Crippen molar-refractivity contribution in [1.82, 2.24) is 0 Å². The lowest BCUT2D eigenvalue weighted by Crippen LogP contribution is -2.27. The van der Waals surface area contributed by atoms with E-state index in [4.69, 9.17) is 11.6 Å². The highest BCUT2D eigenvalue weighted by molar-refractivity contribution is 6.25. The fraction of sp³-hybridized carbons (Fsp3) is 0.600. The van der Waals surface area contributed by atoms with E-state index in [2.05, 4.69) is 32.1 Å². The summed E-state index contributed by atoms with van der Waals surface area (Å²) in [4.78, 5) is -0.108. The van der Waals surface area contributed by atoms with Crippen molar-refractivity contribution in [3.63, 3.8) is 0 Å². The number of halogens is 1. The molecule has 0 nitrogen and oxygen atoms in total. The van der Waals surface area contributed by atoms with Gasteiger partial charge in [-0.3, -0.25) is 0 Å². The van der Waals surface area contributed by atoms with E-state index in [0.717, 1.165) is 12.8 Å². The second kappa shape index (κ2) is 3.44. The van der Waals surface area contributed by atoms with Crippen LogP contribution in [0, 0.1) is 5.92 Å². The molecule has 0 heterocycles. The van der Waals surface area contributed by atoms with Crippen LogP contribution in [0.5, 0.6) is 0 Å². The maximum absolute atomic E-state index is 6.39. The number of allylic oxidation sites excluding steroid dienone is 4. The maximum atomic E-state index is 6.39. The summed E-state index contributed by atoms with van der Waals surface area (Å²) >= 11 is 6.39. The Hall–Kier alpha value is -0.230. The van der Waals surface area contributed by atoms with Crippen LogP contribution >= 0.6 is 11.6 Å². The topological polar surface area (TPSA) is 0 Å². The molecule has 0 bridgehead atoms. The van der Waals surface area contributed by atoms with Gasteiger partial charge in [0.25, 0.3) is 0 Å². The normalized spacial score (nSPS) is 32.3. The Labute approximate surface area is 73.9 Å². The quantitative estimate of drug-likeness (QED) is 0.557. The lowest BCUT2D eigenvalue weighted by molar-refractivity contribution is 0.448. The average molecular weight is 171 g/mol. The number of rotatable bonds is 2. The minimum absolute atomic E-state index is 0.108. The molecule has 0 aliphatic heterocycles. The first-order chi connectivity index (χ1) is 5.19. The molecule has 1 aliphatic carbocycles. The highest BCUT2D eigenvalue weighted by Crippen LogP contribution is 2.35. The Morgan fingerprint density at radius 1 is 1.55 bits per heavy atom. The maximum Gasteiger partial charge on any atom is 0.0688 e. The van der Waals surface area contributed by atoms with Crippen molar-refractivity contribution in [1.29, 1.82) is 0 Å². The molecule has 0 aromatic carbocycles. The third-order valence-corrected chi connectivity index (χ3v) is 3.14. The number of alkyl halides is 1. The van der Waals surface area contributed by atoms with Gasteiger partial charge in [0.15, 0.2) is 0 Å². The van der Waals surface area contributed by atoms with E-state index in [1.165, 1.54) is 0 Å². The molecule has 2 unspecified atom stereocenters. The molecule has 0 saturated heterocycles. The summed E-state index contributed by atoms with van der Waals surface area (Å²) < 4.78 is 0. The van der Waals surface area contributed by atoms with Crippen LogP contribution in [0.25, 0.3) is 0 Å². The molecule has 1 rings (SSSR count). The zero-order valence-corrected chi connectivity index (χ0v) is 7.93. The summed E-state index contributed by atoms with van der Waals surface area (Å²) in [6.45, 7) is 4.39. The van der Waals surface area contributed by atoms with Crippen molar-refractivity contribution < 1.29 is 0 Å². The predicted octanol–water partition coefficient (Wildman–Crippen LogP) is 3.53. The van der Waals surface area contributed by atoms with Crippen molar-refractivity contribution >= 4 is 11.6 Å². The molecule has 2 atom stereocenters. The van der Waals surface area contributed by atoms with Gasteiger partial charge in [-0.05, 0) is 12.3 Å². The SMILES string of the molecule is CCC(C)C1(Cl)C=CC=CC1. The van der Waals surface area contributed by atoms with Gasteiger partial charge >= 0.3 is 0 Å². The molecule has 0 aromatic rings. The van der Waals surface area contributed by atoms with Gasteiger partial charge in [-0.1, -0.05) is 44.6 Å². The molecule has 0 radical (unpaired) electrons. The standard InChI is InChI=1S/C10H15Cl/c1-3-9(2)10(11)7-5-4-6-8-10/h4-7,9H,3,8H2,1-2H3. The van der Waals surface area contributed by atoms with Crippen LogP contribution in [0.1, 0.15) is 26.7 Å². The first-order valence-corrected chi connectivity index (χ1v) is 4.60. The van der Waals surface area contributed by atoms with Gasteiger partial charge in [0.1, 0.15) is 0 Å². The summed E-state index contributed by atoms with van der Waals surface area (Å²) in [5.41, 5.74) is 0. The first-order valence-electron chi connectivity index (χ1n) is 4.22. The van der Waals surface area contributed by atoms with Crippen LogP contribution in [-0.2, 0) is 0 Å². The van der Waals surface area contributed by atoms with E-state index < -0.39 is 0 Å².